The number of amides is 2. The van der Waals surface area contributed by atoms with Gasteiger partial charge in [0.15, 0.2) is 0 Å². The van der Waals surface area contributed by atoms with E-state index < -0.39 is 26.9 Å². The van der Waals surface area contributed by atoms with Gasteiger partial charge >= 0.3 is 12.0 Å². The number of aromatic nitrogens is 2. The van der Waals surface area contributed by atoms with Crippen LogP contribution in [-0.2, 0) is 21.2 Å². The minimum Gasteiger partial charge on any atom is -0.465 e. The van der Waals surface area contributed by atoms with Gasteiger partial charge in [-0.25, -0.2) is 32.7 Å². The van der Waals surface area contributed by atoms with Crippen molar-refractivity contribution >= 4 is 28.0 Å². The van der Waals surface area contributed by atoms with E-state index in [0.29, 0.717) is 17.0 Å². The number of carbonyl (C=O) groups is 2. The SMILES string of the molecule is COC(=O)c1ccc(CC#N)cc1S(=O)(=O)NC(=O)Nc1nc(C)cc(C)n1. The van der Waals surface area contributed by atoms with Crippen molar-refractivity contribution in [2.24, 2.45) is 0 Å². The Labute approximate surface area is 161 Å². The molecule has 0 radical (unpaired) electrons. The first-order chi connectivity index (χ1) is 13.2. The molecule has 2 rings (SSSR count). The van der Waals surface area contributed by atoms with Gasteiger partial charge in [0.1, 0.15) is 4.90 Å². The highest BCUT2D eigenvalue weighted by atomic mass is 32.2. The topological polar surface area (TPSA) is 151 Å². The second-order valence-corrected chi connectivity index (χ2v) is 7.34. The third-order valence-electron chi connectivity index (χ3n) is 3.46. The molecule has 0 saturated carbocycles. The van der Waals surface area contributed by atoms with Crippen molar-refractivity contribution < 1.29 is 22.7 Å². The fourth-order valence-corrected chi connectivity index (χ4v) is 3.51. The number of anilines is 1. The molecule has 2 amide bonds. The Morgan fingerprint density at radius 1 is 1.18 bits per heavy atom. The lowest BCUT2D eigenvalue weighted by Crippen LogP contribution is -2.35. The second kappa shape index (κ2) is 8.45. The van der Waals surface area contributed by atoms with Crippen molar-refractivity contribution in [2.75, 3.05) is 12.4 Å². The van der Waals surface area contributed by atoms with Crippen LogP contribution >= 0.6 is 0 Å². The van der Waals surface area contributed by atoms with Crippen LogP contribution in [0.5, 0.6) is 0 Å². The van der Waals surface area contributed by atoms with Gasteiger partial charge in [0.25, 0.3) is 10.0 Å². The van der Waals surface area contributed by atoms with Crippen LogP contribution in [-0.4, -0.2) is 37.5 Å². The van der Waals surface area contributed by atoms with E-state index in [4.69, 9.17) is 5.26 Å². The Morgan fingerprint density at radius 2 is 1.82 bits per heavy atom. The molecule has 0 unspecified atom stereocenters. The van der Waals surface area contributed by atoms with E-state index in [-0.39, 0.29) is 17.9 Å². The van der Waals surface area contributed by atoms with Crippen molar-refractivity contribution in [3.63, 3.8) is 0 Å². The summed E-state index contributed by atoms with van der Waals surface area (Å²) in [5.41, 5.74) is 1.26. The van der Waals surface area contributed by atoms with Crippen molar-refractivity contribution in [1.29, 1.82) is 5.26 Å². The van der Waals surface area contributed by atoms with Crippen LogP contribution in [0.4, 0.5) is 10.7 Å². The lowest BCUT2D eigenvalue weighted by molar-refractivity contribution is 0.0596. The lowest BCUT2D eigenvalue weighted by atomic mass is 10.1. The Balaban J connectivity index is 2.34. The van der Waals surface area contributed by atoms with Crippen molar-refractivity contribution in [3.8, 4) is 6.07 Å². The maximum absolute atomic E-state index is 12.7. The van der Waals surface area contributed by atoms with Crippen LogP contribution in [0.3, 0.4) is 0 Å². The first-order valence-corrected chi connectivity index (χ1v) is 9.39. The van der Waals surface area contributed by atoms with Gasteiger partial charge in [0, 0.05) is 11.4 Å². The number of nitrogens with zero attached hydrogens (tertiary/aromatic N) is 3. The highest BCUT2D eigenvalue weighted by Crippen LogP contribution is 2.19. The van der Waals surface area contributed by atoms with Crippen LogP contribution < -0.4 is 10.0 Å². The maximum atomic E-state index is 12.7. The van der Waals surface area contributed by atoms with Gasteiger partial charge in [-0.1, -0.05) is 6.07 Å². The van der Waals surface area contributed by atoms with E-state index in [1.54, 1.807) is 24.6 Å². The summed E-state index contributed by atoms with van der Waals surface area (Å²) in [7, 11) is -3.36. The maximum Gasteiger partial charge on any atom is 0.339 e. The predicted octanol–water partition coefficient (Wildman–Crippen LogP) is 1.46. The summed E-state index contributed by atoms with van der Waals surface area (Å²) < 4.78 is 31.7. The normalized spacial score (nSPS) is 10.6. The van der Waals surface area contributed by atoms with Gasteiger partial charge in [-0.3, -0.25) is 5.32 Å². The number of sulfonamides is 1. The van der Waals surface area contributed by atoms with Gasteiger partial charge in [-0.15, -0.1) is 0 Å². The van der Waals surface area contributed by atoms with Gasteiger partial charge in [0.2, 0.25) is 5.95 Å². The molecule has 10 nitrogen and oxygen atoms in total. The zero-order valence-corrected chi connectivity index (χ0v) is 16.1. The molecule has 146 valence electrons. The first-order valence-electron chi connectivity index (χ1n) is 7.90. The van der Waals surface area contributed by atoms with Crippen molar-refractivity contribution in [1.82, 2.24) is 14.7 Å². The number of ether oxygens (including phenoxy) is 1. The Hall–Kier alpha value is -3.52. The number of esters is 1. The highest BCUT2D eigenvalue weighted by molar-refractivity contribution is 7.90. The Bertz CT molecular complexity index is 1060. The number of nitriles is 1. The van der Waals surface area contributed by atoms with Gasteiger partial charge in [-0.2, -0.15) is 5.26 Å². The van der Waals surface area contributed by atoms with Gasteiger partial charge in [-0.05, 0) is 37.6 Å². The molecule has 0 aliphatic rings. The average molecular weight is 403 g/mol. The van der Waals surface area contributed by atoms with E-state index in [1.807, 2.05) is 6.07 Å². The van der Waals surface area contributed by atoms with Crippen LogP contribution in [0.1, 0.15) is 27.3 Å². The summed E-state index contributed by atoms with van der Waals surface area (Å²) in [6.07, 6.45) is -0.0768. The summed E-state index contributed by atoms with van der Waals surface area (Å²) >= 11 is 0. The fraction of sp³-hybridized carbons (Fsp3) is 0.235. The average Bonchev–Trinajstić information content (AvgIpc) is 2.59. The summed E-state index contributed by atoms with van der Waals surface area (Å²) in [4.78, 5) is 31.5. The van der Waals surface area contributed by atoms with E-state index in [0.717, 1.165) is 13.2 Å². The number of rotatable bonds is 5. The number of aryl methyl sites for hydroxylation is 2. The van der Waals surface area contributed by atoms with Crippen LogP contribution in [0, 0.1) is 25.2 Å². The summed E-state index contributed by atoms with van der Waals surface area (Å²) in [6.45, 7) is 3.38. The molecule has 1 aromatic carbocycles. The molecule has 0 aliphatic carbocycles. The van der Waals surface area contributed by atoms with Crippen LogP contribution in [0.2, 0.25) is 0 Å². The number of methoxy groups -OCH3 is 1. The molecule has 1 heterocycles. The third-order valence-corrected chi connectivity index (χ3v) is 4.83. The highest BCUT2D eigenvalue weighted by Gasteiger charge is 2.26. The minimum absolute atomic E-state index is 0.0726. The molecule has 0 fully saturated rings. The zero-order valence-electron chi connectivity index (χ0n) is 15.3. The summed E-state index contributed by atoms with van der Waals surface area (Å²) in [5, 5.41) is 11.0. The number of urea groups is 1. The smallest absolute Gasteiger partial charge is 0.339 e. The Kier molecular flexibility index (Phi) is 6.27. The number of benzene rings is 1. The molecule has 0 spiro atoms. The summed E-state index contributed by atoms with van der Waals surface area (Å²) in [6, 6.07) is 6.25. The first kappa shape index (κ1) is 20.8. The predicted molar refractivity (Wildman–Crippen MR) is 97.9 cm³/mol. The van der Waals surface area contributed by atoms with Crippen molar-refractivity contribution in [3.05, 3.63) is 46.8 Å². The molecular weight excluding hydrogens is 386 g/mol. The number of hydrogen-bond acceptors (Lipinski definition) is 8. The molecule has 11 heteroatoms. The van der Waals surface area contributed by atoms with Crippen LogP contribution in [0.15, 0.2) is 29.2 Å². The van der Waals surface area contributed by atoms with Crippen LogP contribution in [0.25, 0.3) is 0 Å². The van der Waals surface area contributed by atoms with Gasteiger partial charge < -0.3 is 4.74 Å². The number of nitrogens with one attached hydrogen (secondary N) is 2. The fourth-order valence-electron chi connectivity index (χ4n) is 2.35. The number of hydrogen-bond donors (Lipinski definition) is 2. The molecule has 2 aromatic rings. The Morgan fingerprint density at radius 3 is 2.39 bits per heavy atom. The summed E-state index contributed by atoms with van der Waals surface area (Å²) in [5.74, 6) is -0.974. The zero-order chi connectivity index (χ0) is 20.9. The van der Waals surface area contributed by atoms with E-state index >= 15 is 0 Å². The van der Waals surface area contributed by atoms with E-state index in [1.165, 1.54) is 12.1 Å². The quantitative estimate of drug-likeness (QED) is 0.712. The largest absolute Gasteiger partial charge is 0.465 e. The van der Waals surface area contributed by atoms with Gasteiger partial charge in [0.05, 0.1) is 25.2 Å². The molecule has 0 saturated heterocycles. The minimum atomic E-state index is -4.45. The molecule has 0 bridgehead atoms. The standard InChI is InChI=1S/C17H17N5O5S/c1-10-8-11(2)20-16(19-10)21-17(24)22-28(25,26)14-9-12(6-7-18)4-5-13(14)15(23)27-3/h4-5,8-9H,6H2,1-3H3,(H2,19,20,21,22,24). The molecular formula is C17H17N5O5S. The number of carbonyl (C=O) groups excluding carboxylic acids is 2. The molecule has 1 aromatic heterocycles. The molecule has 28 heavy (non-hydrogen) atoms. The lowest BCUT2D eigenvalue weighted by Gasteiger charge is -2.12. The van der Waals surface area contributed by atoms with E-state index in [9.17, 15) is 18.0 Å². The second-order valence-electron chi connectivity index (χ2n) is 5.69. The third kappa shape index (κ3) is 5.01. The monoisotopic (exact) mass is 403 g/mol. The molecule has 0 atom stereocenters. The molecule has 2 N–H and O–H groups in total. The van der Waals surface area contributed by atoms with E-state index in [2.05, 4.69) is 20.0 Å². The molecule has 0 aliphatic heterocycles. The van der Waals surface area contributed by atoms with Crippen molar-refractivity contribution in [2.45, 2.75) is 25.2 Å².